The molecule has 3 aromatic rings. The molecule has 1 unspecified atom stereocenters. The number of benzene rings is 1. The van der Waals surface area contributed by atoms with Crippen LogP contribution in [0.3, 0.4) is 0 Å². The van der Waals surface area contributed by atoms with Crippen molar-refractivity contribution in [2.75, 3.05) is 19.2 Å². The van der Waals surface area contributed by atoms with Crippen LogP contribution in [-0.2, 0) is 11.4 Å². The van der Waals surface area contributed by atoms with Crippen LogP contribution in [0.1, 0.15) is 47.7 Å². The molecule has 0 aliphatic rings. The highest BCUT2D eigenvalue weighted by atomic mass is 32.1. The number of methoxy groups -OCH3 is 1. The van der Waals surface area contributed by atoms with Crippen molar-refractivity contribution in [2.24, 2.45) is 5.16 Å². The molecule has 0 aliphatic carbocycles. The number of nitrogens with zero attached hydrogens (tertiary/aromatic N) is 5. The summed E-state index contributed by atoms with van der Waals surface area (Å²) in [5.74, 6) is -1.03. The first-order valence-electron chi connectivity index (χ1n) is 10.8. The van der Waals surface area contributed by atoms with Gasteiger partial charge >= 0.3 is 5.69 Å². The summed E-state index contributed by atoms with van der Waals surface area (Å²) in [6, 6.07) is 3.62. The lowest BCUT2D eigenvalue weighted by Gasteiger charge is -2.22. The Morgan fingerprint density at radius 1 is 1.33 bits per heavy atom. The van der Waals surface area contributed by atoms with Crippen molar-refractivity contribution < 1.29 is 23.9 Å². The zero-order valence-electron chi connectivity index (χ0n) is 20.3. The Hall–Kier alpha value is -3.84. The van der Waals surface area contributed by atoms with Crippen molar-refractivity contribution in [1.82, 2.24) is 14.2 Å². The minimum absolute atomic E-state index is 0.0439. The van der Waals surface area contributed by atoms with E-state index in [2.05, 4.69) is 10.1 Å². The van der Waals surface area contributed by atoms with Crippen LogP contribution in [0.25, 0.3) is 0 Å². The van der Waals surface area contributed by atoms with Crippen molar-refractivity contribution in [1.29, 1.82) is 0 Å². The van der Waals surface area contributed by atoms with Gasteiger partial charge < -0.3 is 14.7 Å². The van der Waals surface area contributed by atoms with Crippen molar-refractivity contribution in [3.05, 3.63) is 78.8 Å². The number of hydrogen-bond donors (Lipinski definition) is 1. The van der Waals surface area contributed by atoms with E-state index in [1.807, 2.05) is 0 Å². The molecule has 0 saturated carbocycles. The SMILES string of the molecule is COc1ccc(F)cc1C(O)Cn1cc(/C(C)=N/OC(C)C)c(=O)n(N(C)C(=O)c2cncs2)c1=O. The van der Waals surface area contributed by atoms with Gasteiger partial charge in [-0.2, -0.15) is 4.68 Å². The van der Waals surface area contributed by atoms with Gasteiger partial charge in [-0.15, -0.1) is 11.3 Å². The maximum atomic E-state index is 13.9. The maximum Gasteiger partial charge on any atom is 0.350 e. The fourth-order valence-electron chi connectivity index (χ4n) is 3.29. The molecule has 36 heavy (non-hydrogen) atoms. The standard InChI is InChI=1S/C23H26FN5O6S/c1-13(2)35-26-14(3)17-10-28(11-18(30)16-8-15(24)6-7-19(16)34-5)23(33)29(21(17)31)27(4)22(32)20-9-25-12-36-20/h6-10,12-13,18,30H,11H2,1-5H3/b26-14+. The van der Waals surface area contributed by atoms with E-state index in [0.717, 1.165) is 27.0 Å². The number of aliphatic hydroxyl groups excluding tert-OH is 1. The average Bonchev–Trinajstić information content (AvgIpc) is 3.38. The Kier molecular flexibility index (Phi) is 8.37. The maximum absolute atomic E-state index is 13.9. The van der Waals surface area contributed by atoms with Crippen LogP contribution in [0.4, 0.5) is 4.39 Å². The van der Waals surface area contributed by atoms with E-state index < -0.39 is 29.1 Å². The Labute approximate surface area is 209 Å². The number of rotatable bonds is 9. The molecular formula is C23H26FN5O6S. The predicted octanol–water partition coefficient (Wildman–Crippen LogP) is 1.90. The molecule has 2 heterocycles. The van der Waals surface area contributed by atoms with E-state index in [9.17, 15) is 23.9 Å². The zero-order chi connectivity index (χ0) is 26.6. The monoisotopic (exact) mass is 519 g/mol. The third-order valence-corrected chi connectivity index (χ3v) is 5.84. The highest BCUT2D eigenvalue weighted by molar-refractivity contribution is 7.11. The van der Waals surface area contributed by atoms with Crippen LogP contribution in [-0.4, -0.2) is 51.2 Å². The van der Waals surface area contributed by atoms with Gasteiger partial charge in [-0.05, 0) is 39.0 Å². The number of halogens is 1. The molecule has 3 rings (SSSR count). The van der Waals surface area contributed by atoms with E-state index in [4.69, 9.17) is 9.57 Å². The summed E-state index contributed by atoms with van der Waals surface area (Å²) >= 11 is 1.05. The van der Waals surface area contributed by atoms with Gasteiger partial charge in [0.25, 0.3) is 11.5 Å². The molecule has 13 heteroatoms. The molecule has 192 valence electrons. The second-order valence-corrected chi connectivity index (χ2v) is 8.91. The summed E-state index contributed by atoms with van der Waals surface area (Å²) in [5.41, 5.74) is -0.0720. The summed E-state index contributed by atoms with van der Waals surface area (Å²) in [4.78, 5) is 48.9. The topological polar surface area (TPSA) is 128 Å². The first-order valence-corrected chi connectivity index (χ1v) is 11.7. The third-order valence-electron chi connectivity index (χ3n) is 5.08. The second kappa shape index (κ2) is 11.3. The molecule has 0 bridgehead atoms. The van der Waals surface area contributed by atoms with Crippen LogP contribution >= 0.6 is 11.3 Å². The van der Waals surface area contributed by atoms with Crippen LogP contribution in [0.5, 0.6) is 5.75 Å². The van der Waals surface area contributed by atoms with E-state index in [1.165, 1.54) is 51.1 Å². The van der Waals surface area contributed by atoms with Crippen molar-refractivity contribution >= 4 is 23.0 Å². The second-order valence-electron chi connectivity index (χ2n) is 8.02. The molecule has 0 radical (unpaired) electrons. The van der Waals surface area contributed by atoms with Gasteiger partial charge in [0, 0.05) is 18.8 Å². The van der Waals surface area contributed by atoms with Gasteiger partial charge in [0.05, 0.1) is 36.6 Å². The number of hydrogen-bond acceptors (Lipinski definition) is 9. The van der Waals surface area contributed by atoms with Crippen molar-refractivity contribution in [3.63, 3.8) is 0 Å². The quantitative estimate of drug-likeness (QED) is 0.338. The number of aromatic nitrogens is 3. The highest BCUT2D eigenvalue weighted by Crippen LogP contribution is 2.26. The van der Waals surface area contributed by atoms with Gasteiger partial charge in [0.2, 0.25) is 0 Å². The van der Waals surface area contributed by atoms with Gasteiger partial charge in [0.1, 0.15) is 28.7 Å². The van der Waals surface area contributed by atoms with E-state index in [-0.39, 0.29) is 40.1 Å². The van der Waals surface area contributed by atoms with Gasteiger partial charge in [-0.25, -0.2) is 14.2 Å². The van der Waals surface area contributed by atoms with Crippen molar-refractivity contribution in [3.8, 4) is 5.75 Å². The molecular weight excluding hydrogens is 493 g/mol. The van der Waals surface area contributed by atoms with Gasteiger partial charge in [-0.3, -0.25) is 19.1 Å². The fraction of sp³-hybridized carbons (Fsp3) is 0.348. The first-order chi connectivity index (χ1) is 17.0. The summed E-state index contributed by atoms with van der Waals surface area (Å²) in [6.07, 6.45) is 0.869. The zero-order valence-corrected chi connectivity index (χ0v) is 21.2. The minimum atomic E-state index is -1.39. The largest absolute Gasteiger partial charge is 0.496 e. The molecule has 2 aromatic heterocycles. The molecule has 0 spiro atoms. The minimum Gasteiger partial charge on any atom is -0.496 e. The molecule has 1 amide bonds. The first kappa shape index (κ1) is 26.8. The summed E-state index contributed by atoms with van der Waals surface area (Å²) in [5, 5.41) is 15.7. The Morgan fingerprint density at radius 2 is 2.06 bits per heavy atom. The van der Waals surface area contributed by atoms with Crippen molar-refractivity contribution in [2.45, 2.75) is 39.5 Å². The molecule has 11 nitrogen and oxygen atoms in total. The number of thiazole rings is 1. The molecule has 1 atom stereocenters. The number of aliphatic hydroxyl groups is 1. The number of oxime groups is 1. The fourth-order valence-corrected chi connectivity index (χ4v) is 3.88. The lowest BCUT2D eigenvalue weighted by Crippen LogP contribution is -2.54. The molecule has 0 fully saturated rings. The summed E-state index contributed by atoms with van der Waals surface area (Å²) in [6.45, 7) is 4.63. The Morgan fingerprint density at radius 3 is 2.67 bits per heavy atom. The van der Waals surface area contributed by atoms with Gasteiger partial charge in [0.15, 0.2) is 0 Å². The number of carbonyl (C=O) groups excluding carboxylic acids is 1. The highest BCUT2D eigenvalue weighted by Gasteiger charge is 2.24. The normalized spacial score (nSPS) is 12.5. The lowest BCUT2D eigenvalue weighted by molar-refractivity contribution is 0.0859. The van der Waals surface area contributed by atoms with Crippen LogP contribution in [0, 0.1) is 5.82 Å². The van der Waals surface area contributed by atoms with E-state index in [0.29, 0.717) is 4.68 Å². The number of ether oxygens (including phenoxy) is 1. The number of carbonyl (C=O) groups is 1. The average molecular weight is 520 g/mol. The van der Waals surface area contributed by atoms with E-state index in [1.54, 1.807) is 13.8 Å². The van der Waals surface area contributed by atoms with Crippen LogP contribution in [0.2, 0.25) is 0 Å². The Bertz CT molecular complexity index is 1380. The van der Waals surface area contributed by atoms with Crippen LogP contribution < -0.4 is 21.0 Å². The third kappa shape index (κ3) is 5.69. The number of amides is 1. The lowest BCUT2D eigenvalue weighted by atomic mass is 10.1. The van der Waals surface area contributed by atoms with Crippen LogP contribution in [0.15, 0.2) is 50.8 Å². The molecule has 0 aliphatic heterocycles. The Balaban J connectivity index is 2.15. The summed E-state index contributed by atoms with van der Waals surface area (Å²) in [7, 11) is 2.63. The van der Waals surface area contributed by atoms with E-state index >= 15 is 0 Å². The predicted molar refractivity (Wildman–Crippen MR) is 132 cm³/mol. The molecule has 0 saturated heterocycles. The summed E-state index contributed by atoms with van der Waals surface area (Å²) < 4.78 is 20.7. The molecule has 1 aromatic carbocycles. The smallest absolute Gasteiger partial charge is 0.350 e. The molecule has 1 N–H and O–H groups in total. The van der Waals surface area contributed by atoms with Gasteiger partial charge in [-0.1, -0.05) is 5.16 Å².